The van der Waals surface area contributed by atoms with E-state index >= 15 is 0 Å². The molecule has 0 bridgehead atoms. The molecule has 0 aliphatic rings. The Bertz CT molecular complexity index is 242. The van der Waals surface area contributed by atoms with Gasteiger partial charge in [0.05, 0.1) is 0 Å². The van der Waals surface area contributed by atoms with Gasteiger partial charge in [-0.25, -0.2) is 13.2 Å². The van der Waals surface area contributed by atoms with Gasteiger partial charge >= 0.3 is 0 Å². The van der Waals surface area contributed by atoms with Crippen molar-refractivity contribution in [1.29, 1.82) is 0 Å². The third-order valence-corrected chi connectivity index (χ3v) is 0.969. The summed E-state index contributed by atoms with van der Waals surface area (Å²) in [6, 6.07) is 0.997. The fourth-order valence-corrected chi connectivity index (χ4v) is 0.542. The predicted molar refractivity (Wildman–Crippen MR) is 34.4 cm³/mol. The SMILES string of the molecule is Oc1cc(F)c(F)c(F)c1.[CH3-].[Zn]. The van der Waals surface area contributed by atoms with Crippen molar-refractivity contribution >= 4 is 0 Å². The topological polar surface area (TPSA) is 20.2 Å². The molecule has 0 amide bonds. The summed E-state index contributed by atoms with van der Waals surface area (Å²) >= 11 is 0. The van der Waals surface area contributed by atoms with Crippen LogP contribution < -0.4 is 0 Å². The monoisotopic (exact) mass is 227 g/mol. The average Bonchev–Trinajstić information content (AvgIpc) is 1.82. The number of phenolic OH excluding ortho intramolecular Hbond substituents is 1. The third-order valence-electron chi connectivity index (χ3n) is 0.969. The molecule has 0 saturated carbocycles. The summed E-state index contributed by atoms with van der Waals surface area (Å²) in [5.74, 6) is -4.98. The number of phenols is 1. The molecule has 64 valence electrons. The second-order valence-electron chi connectivity index (χ2n) is 1.72. The predicted octanol–water partition coefficient (Wildman–Crippen LogP) is 2.26. The number of benzene rings is 1. The van der Waals surface area contributed by atoms with Crippen molar-refractivity contribution in [2.24, 2.45) is 0 Å². The van der Waals surface area contributed by atoms with Gasteiger partial charge in [-0.2, -0.15) is 0 Å². The Kier molecular flexibility index (Phi) is 6.00. The van der Waals surface area contributed by atoms with Crippen molar-refractivity contribution in [2.75, 3.05) is 0 Å². The molecule has 0 atom stereocenters. The van der Waals surface area contributed by atoms with Crippen LogP contribution in [0.2, 0.25) is 0 Å². The summed E-state index contributed by atoms with van der Waals surface area (Å²) in [6.45, 7) is 0. The smallest absolute Gasteiger partial charge is 0.194 e. The van der Waals surface area contributed by atoms with Gasteiger partial charge < -0.3 is 12.5 Å². The van der Waals surface area contributed by atoms with Crippen LogP contribution in [-0.4, -0.2) is 5.11 Å². The van der Waals surface area contributed by atoms with Crippen LogP contribution in [0.25, 0.3) is 0 Å². The first kappa shape index (κ1) is 14.0. The molecular weight excluding hydrogens is 222 g/mol. The van der Waals surface area contributed by atoms with Crippen LogP contribution in [0.4, 0.5) is 13.2 Å². The van der Waals surface area contributed by atoms with Crippen molar-refractivity contribution in [3.8, 4) is 5.75 Å². The summed E-state index contributed by atoms with van der Waals surface area (Å²) in [5.41, 5.74) is 0. The van der Waals surface area contributed by atoms with Gasteiger partial charge in [0.25, 0.3) is 0 Å². The van der Waals surface area contributed by atoms with E-state index in [2.05, 4.69) is 0 Å². The zero-order valence-corrected chi connectivity index (χ0v) is 9.41. The largest absolute Gasteiger partial charge is 0.508 e. The second kappa shape index (κ2) is 5.15. The Labute approximate surface area is 81.0 Å². The molecule has 0 fully saturated rings. The Morgan fingerprint density at radius 3 is 1.67 bits per heavy atom. The van der Waals surface area contributed by atoms with E-state index in [9.17, 15) is 13.2 Å². The van der Waals surface area contributed by atoms with Crippen molar-refractivity contribution in [1.82, 2.24) is 0 Å². The van der Waals surface area contributed by atoms with Crippen LogP contribution in [0, 0.1) is 24.9 Å². The molecule has 12 heavy (non-hydrogen) atoms. The Morgan fingerprint density at radius 1 is 1.00 bits per heavy atom. The summed E-state index contributed by atoms with van der Waals surface area (Å²) < 4.78 is 36.2. The van der Waals surface area contributed by atoms with E-state index in [0.717, 1.165) is 0 Å². The number of hydrogen-bond donors (Lipinski definition) is 1. The number of aromatic hydroxyl groups is 1. The van der Waals surface area contributed by atoms with Crippen molar-refractivity contribution < 1.29 is 37.8 Å². The quantitative estimate of drug-likeness (QED) is 0.410. The normalized spacial score (nSPS) is 8.25. The maximum Gasteiger partial charge on any atom is 0.194 e. The second-order valence-corrected chi connectivity index (χ2v) is 1.72. The van der Waals surface area contributed by atoms with E-state index in [1.807, 2.05) is 0 Å². The molecular formula is C7H6F3OZn-. The first-order chi connectivity index (χ1) is 4.61. The van der Waals surface area contributed by atoms with Crippen molar-refractivity contribution in [3.63, 3.8) is 0 Å². The molecule has 5 heteroatoms. The molecule has 1 aromatic carbocycles. The van der Waals surface area contributed by atoms with Crippen LogP contribution in [0.3, 0.4) is 0 Å². The number of rotatable bonds is 0. The molecule has 1 N–H and O–H groups in total. The van der Waals surface area contributed by atoms with Gasteiger partial charge in [0.15, 0.2) is 17.5 Å². The van der Waals surface area contributed by atoms with Gasteiger partial charge in [-0.05, 0) is 0 Å². The van der Waals surface area contributed by atoms with Crippen LogP contribution >= 0.6 is 0 Å². The Morgan fingerprint density at radius 2 is 1.33 bits per heavy atom. The van der Waals surface area contributed by atoms with Gasteiger partial charge in [-0.15, -0.1) is 0 Å². The van der Waals surface area contributed by atoms with Gasteiger partial charge in [-0.3, -0.25) is 0 Å². The number of hydrogen-bond acceptors (Lipinski definition) is 1. The molecule has 0 aromatic heterocycles. The minimum atomic E-state index is -1.57. The maximum absolute atomic E-state index is 12.1. The van der Waals surface area contributed by atoms with Crippen LogP contribution in [0.5, 0.6) is 5.75 Å². The third kappa shape index (κ3) is 2.82. The molecule has 0 saturated heterocycles. The molecule has 0 aliphatic heterocycles. The average molecular weight is 229 g/mol. The van der Waals surface area contributed by atoms with E-state index < -0.39 is 23.2 Å². The molecule has 1 nitrogen and oxygen atoms in total. The Balaban J connectivity index is 0. The summed E-state index contributed by atoms with van der Waals surface area (Å²) in [5, 5.41) is 8.47. The first-order valence-corrected chi connectivity index (χ1v) is 2.45. The standard InChI is InChI=1S/C6H3F3O.CH3.Zn/c7-4-1-3(10)2-5(8)6(4)9;;/h1-2,10H;1H3;/q;-1;. The fourth-order valence-electron chi connectivity index (χ4n) is 0.542. The van der Waals surface area contributed by atoms with Crippen molar-refractivity contribution in [2.45, 2.75) is 0 Å². The minimum absolute atomic E-state index is 0. The summed E-state index contributed by atoms with van der Waals surface area (Å²) in [7, 11) is 0. The molecule has 0 unspecified atom stereocenters. The van der Waals surface area contributed by atoms with Crippen LogP contribution in [0.1, 0.15) is 0 Å². The first-order valence-electron chi connectivity index (χ1n) is 2.45. The summed E-state index contributed by atoms with van der Waals surface area (Å²) in [6.07, 6.45) is 0. The van der Waals surface area contributed by atoms with E-state index in [4.69, 9.17) is 5.11 Å². The van der Waals surface area contributed by atoms with E-state index in [0.29, 0.717) is 12.1 Å². The van der Waals surface area contributed by atoms with E-state index in [1.165, 1.54) is 0 Å². The minimum Gasteiger partial charge on any atom is -0.508 e. The molecule has 0 radical (unpaired) electrons. The molecule has 0 aliphatic carbocycles. The fraction of sp³-hybridized carbons (Fsp3) is 0. The molecule has 1 aromatic rings. The Hall–Kier alpha value is -0.567. The number of halogens is 3. The van der Waals surface area contributed by atoms with E-state index in [-0.39, 0.29) is 26.9 Å². The zero-order chi connectivity index (χ0) is 7.72. The van der Waals surface area contributed by atoms with Gasteiger partial charge in [-0.1, -0.05) is 0 Å². The van der Waals surface area contributed by atoms with Crippen molar-refractivity contribution in [3.05, 3.63) is 37.0 Å². The van der Waals surface area contributed by atoms with E-state index in [1.54, 1.807) is 0 Å². The molecule has 1 rings (SSSR count). The van der Waals surface area contributed by atoms with Gasteiger partial charge in [0.1, 0.15) is 5.75 Å². The molecule has 0 spiro atoms. The van der Waals surface area contributed by atoms with Crippen LogP contribution in [-0.2, 0) is 19.5 Å². The molecule has 0 heterocycles. The maximum atomic E-state index is 12.1. The summed E-state index contributed by atoms with van der Waals surface area (Å²) in [4.78, 5) is 0. The van der Waals surface area contributed by atoms with Gasteiger partial charge in [0.2, 0.25) is 0 Å². The zero-order valence-electron chi connectivity index (χ0n) is 6.44. The van der Waals surface area contributed by atoms with Gasteiger partial charge in [0, 0.05) is 31.6 Å². The van der Waals surface area contributed by atoms with Crippen LogP contribution in [0.15, 0.2) is 12.1 Å².